The van der Waals surface area contributed by atoms with Gasteiger partial charge in [0.25, 0.3) is 0 Å². The fourth-order valence-electron chi connectivity index (χ4n) is 6.45. The molecule has 1 atom stereocenters. The second-order valence-electron chi connectivity index (χ2n) is 10.3. The molecular formula is C24H31N5O2. The zero-order valence-corrected chi connectivity index (χ0v) is 18.3. The number of hydrogen-bond donors (Lipinski definition) is 2. The summed E-state index contributed by atoms with van der Waals surface area (Å²) in [6, 6.07) is 3.09. The van der Waals surface area contributed by atoms with Crippen LogP contribution in [0.3, 0.4) is 0 Å². The van der Waals surface area contributed by atoms with Crippen LogP contribution in [0.4, 0.5) is 5.69 Å². The maximum atomic E-state index is 13.4. The SMILES string of the molecule is CC(C)C(NC(=O)C12CC3CC(CC(C3)C1)C2)C(=O)Nc1ccc(-n2ccnc2)nc1. The minimum absolute atomic E-state index is 0.00366. The van der Waals surface area contributed by atoms with Gasteiger partial charge >= 0.3 is 0 Å². The summed E-state index contributed by atoms with van der Waals surface area (Å²) in [4.78, 5) is 34.9. The Kier molecular flexibility index (Phi) is 5.07. The molecule has 4 saturated carbocycles. The van der Waals surface area contributed by atoms with E-state index in [4.69, 9.17) is 0 Å². The van der Waals surface area contributed by atoms with Gasteiger partial charge in [0.05, 0.1) is 11.9 Å². The Balaban J connectivity index is 1.26. The van der Waals surface area contributed by atoms with E-state index in [-0.39, 0.29) is 23.1 Å². The molecule has 4 fully saturated rings. The van der Waals surface area contributed by atoms with Gasteiger partial charge in [0, 0.05) is 17.8 Å². The molecule has 2 amide bonds. The van der Waals surface area contributed by atoms with Crippen LogP contribution >= 0.6 is 0 Å². The molecule has 164 valence electrons. The van der Waals surface area contributed by atoms with E-state index in [0.717, 1.165) is 25.1 Å². The molecule has 0 spiro atoms. The van der Waals surface area contributed by atoms with E-state index in [1.54, 1.807) is 23.3 Å². The van der Waals surface area contributed by atoms with Crippen LogP contribution in [0.2, 0.25) is 0 Å². The van der Waals surface area contributed by atoms with Crippen molar-refractivity contribution >= 4 is 17.5 Å². The van der Waals surface area contributed by atoms with Gasteiger partial charge in [-0.2, -0.15) is 0 Å². The second kappa shape index (κ2) is 7.77. The minimum Gasteiger partial charge on any atom is -0.344 e. The zero-order chi connectivity index (χ0) is 21.6. The number of anilines is 1. The molecule has 2 aromatic heterocycles. The van der Waals surface area contributed by atoms with Gasteiger partial charge in [0.15, 0.2) is 0 Å². The Labute approximate surface area is 183 Å². The molecule has 0 aliphatic heterocycles. The smallest absolute Gasteiger partial charge is 0.247 e. The number of carbonyl (C=O) groups excluding carboxylic acids is 2. The topological polar surface area (TPSA) is 88.9 Å². The Morgan fingerprint density at radius 2 is 1.77 bits per heavy atom. The largest absolute Gasteiger partial charge is 0.344 e. The van der Waals surface area contributed by atoms with Gasteiger partial charge in [0.1, 0.15) is 18.2 Å². The van der Waals surface area contributed by atoms with Gasteiger partial charge in [-0.1, -0.05) is 13.8 Å². The highest BCUT2D eigenvalue weighted by Gasteiger charge is 2.55. The molecular weight excluding hydrogens is 390 g/mol. The molecule has 2 N–H and O–H groups in total. The maximum absolute atomic E-state index is 13.4. The van der Waals surface area contributed by atoms with Crippen LogP contribution in [0.1, 0.15) is 52.4 Å². The number of pyridine rings is 1. The van der Waals surface area contributed by atoms with Crippen molar-refractivity contribution in [1.82, 2.24) is 19.9 Å². The Morgan fingerprint density at radius 1 is 1.10 bits per heavy atom. The standard InChI is InChI=1S/C24H31N5O2/c1-15(2)21(22(30)27-19-3-4-20(26-13-19)29-6-5-25-14-29)28-23(31)24-10-16-7-17(11-24)9-18(8-16)12-24/h3-6,13-18,21H,7-12H2,1-2H3,(H,27,30)(H,28,31). The van der Waals surface area contributed by atoms with E-state index in [1.165, 1.54) is 19.3 Å². The van der Waals surface area contributed by atoms with Gasteiger partial charge in [-0.05, 0) is 74.3 Å². The molecule has 2 heterocycles. The van der Waals surface area contributed by atoms with Crippen molar-refractivity contribution in [2.45, 2.75) is 58.4 Å². The molecule has 4 bridgehead atoms. The average molecular weight is 422 g/mol. The number of nitrogens with one attached hydrogen (secondary N) is 2. The first-order chi connectivity index (χ1) is 14.9. The van der Waals surface area contributed by atoms with Crippen molar-refractivity contribution in [3.8, 4) is 5.82 Å². The number of amides is 2. The van der Waals surface area contributed by atoms with E-state index in [2.05, 4.69) is 20.6 Å². The van der Waals surface area contributed by atoms with Crippen LogP contribution < -0.4 is 10.6 Å². The highest BCUT2D eigenvalue weighted by molar-refractivity contribution is 5.98. The van der Waals surface area contributed by atoms with E-state index in [1.807, 2.05) is 32.2 Å². The summed E-state index contributed by atoms with van der Waals surface area (Å²) in [5.74, 6) is 2.72. The van der Waals surface area contributed by atoms with Gasteiger partial charge < -0.3 is 10.6 Å². The highest BCUT2D eigenvalue weighted by atomic mass is 16.2. The summed E-state index contributed by atoms with van der Waals surface area (Å²) in [6.07, 6.45) is 13.7. The van der Waals surface area contributed by atoms with Crippen LogP contribution in [0, 0.1) is 29.1 Å². The number of rotatable bonds is 6. The molecule has 0 aromatic carbocycles. The van der Waals surface area contributed by atoms with Crippen LogP contribution in [-0.4, -0.2) is 32.4 Å². The molecule has 7 nitrogen and oxygen atoms in total. The van der Waals surface area contributed by atoms with Gasteiger partial charge in [-0.25, -0.2) is 9.97 Å². The highest BCUT2D eigenvalue weighted by Crippen LogP contribution is 2.60. The molecule has 4 aliphatic carbocycles. The zero-order valence-electron chi connectivity index (χ0n) is 18.3. The summed E-state index contributed by atoms with van der Waals surface area (Å²) in [6.45, 7) is 3.95. The minimum atomic E-state index is -0.561. The van der Waals surface area contributed by atoms with E-state index in [0.29, 0.717) is 23.4 Å². The fourth-order valence-corrected chi connectivity index (χ4v) is 6.45. The van der Waals surface area contributed by atoms with Gasteiger partial charge in [0.2, 0.25) is 11.8 Å². The normalized spacial score (nSPS) is 29.7. The van der Waals surface area contributed by atoms with Crippen molar-refractivity contribution in [3.63, 3.8) is 0 Å². The first-order valence-electron chi connectivity index (χ1n) is 11.5. The lowest BCUT2D eigenvalue weighted by Crippen LogP contribution is -2.57. The molecule has 4 aliphatic rings. The summed E-state index contributed by atoms with van der Waals surface area (Å²) in [5, 5.41) is 6.08. The first kappa shape index (κ1) is 20.2. The lowest BCUT2D eigenvalue weighted by atomic mass is 9.49. The number of hydrogen-bond acceptors (Lipinski definition) is 4. The van der Waals surface area contributed by atoms with Crippen molar-refractivity contribution in [2.75, 3.05) is 5.32 Å². The van der Waals surface area contributed by atoms with Crippen molar-refractivity contribution in [1.29, 1.82) is 0 Å². The van der Waals surface area contributed by atoms with E-state index in [9.17, 15) is 9.59 Å². The van der Waals surface area contributed by atoms with E-state index < -0.39 is 6.04 Å². The number of imidazole rings is 1. The van der Waals surface area contributed by atoms with E-state index >= 15 is 0 Å². The predicted octanol–water partition coefficient (Wildman–Crippen LogP) is 3.56. The molecule has 7 heteroatoms. The van der Waals surface area contributed by atoms with Crippen LogP contribution in [0.15, 0.2) is 37.1 Å². The monoisotopic (exact) mass is 421 g/mol. The summed E-state index contributed by atoms with van der Waals surface area (Å²) in [7, 11) is 0. The Bertz CT molecular complexity index is 916. The molecule has 0 saturated heterocycles. The molecule has 1 unspecified atom stereocenters. The maximum Gasteiger partial charge on any atom is 0.247 e. The number of nitrogens with zero attached hydrogens (tertiary/aromatic N) is 3. The summed E-state index contributed by atoms with van der Waals surface area (Å²) < 4.78 is 1.80. The molecule has 2 aromatic rings. The number of carbonyl (C=O) groups is 2. The summed E-state index contributed by atoms with van der Waals surface area (Å²) in [5.41, 5.74) is 0.361. The lowest BCUT2D eigenvalue weighted by molar-refractivity contribution is -0.148. The second-order valence-corrected chi connectivity index (χ2v) is 10.3. The Morgan fingerprint density at radius 3 is 2.29 bits per heavy atom. The van der Waals surface area contributed by atoms with Crippen molar-refractivity contribution in [2.24, 2.45) is 29.1 Å². The van der Waals surface area contributed by atoms with Crippen LogP contribution in [0.25, 0.3) is 5.82 Å². The van der Waals surface area contributed by atoms with Crippen LogP contribution in [0.5, 0.6) is 0 Å². The third kappa shape index (κ3) is 3.86. The van der Waals surface area contributed by atoms with Crippen molar-refractivity contribution in [3.05, 3.63) is 37.1 Å². The lowest BCUT2D eigenvalue weighted by Gasteiger charge is -2.55. The summed E-state index contributed by atoms with van der Waals surface area (Å²) >= 11 is 0. The van der Waals surface area contributed by atoms with Gasteiger partial charge in [-0.3, -0.25) is 14.2 Å². The third-order valence-corrected chi connectivity index (χ3v) is 7.54. The third-order valence-electron chi connectivity index (χ3n) is 7.54. The molecule has 0 radical (unpaired) electrons. The van der Waals surface area contributed by atoms with Gasteiger partial charge in [-0.15, -0.1) is 0 Å². The quantitative estimate of drug-likeness (QED) is 0.746. The Hall–Kier alpha value is -2.70. The van der Waals surface area contributed by atoms with Crippen LogP contribution in [-0.2, 0) is 9.59 Å². The average Bonchev–Trinajstić information content (AvgIpc) is 3.26. The predicted molar refractivity (Wildman–Crippen MR) is 117 cm³/mol. The first-order valence-corrected chi connectivity index (χ1v) is 11.5. The van der Waals surface area contributed by atoms with Crippen molar-refractivity contribution < 1.29 is 9.59 Å². The molecule has 31 heavy (non-hydrogen) atoms. The number of aromatic nitrogens is 3. The fraction of sp³-hybridized carbons (Fsp3) is 0.583. The molecule has 6 rings (SSSR count).